The lowest BCUT2D eigenvalue weighted by atomic mass is 10.2. The topological polar surface area (TPSA) is 98.1 Å². The van der Waals surface area contributed by atoms with Gasteiger partial charge >= 0.3 is 11.7 Å². The number of carbonyl (C=O) groups excluding carboxylic acids is 1. The quantitative estimate of drug-likeness (QED) is 0.473. The number of ether oxygens (including phenoxy) is 1. The maximum Gasteiger partial charge on any atom is 0.310 e. The van der Waals surface area contributed by atoms with E-state index >= 15 is 0 Å². The van der Waals surface area contributed by atoms with Crippen LogP contribution < -0.4 is 0 Å². The number of aromatic amines is 1. The SMILES string of the molecule is CC(Cc1[nH]ncc1[N+](=O)[O-])OC(=O)C1CC1. The van der Waals surface area contributed by atoms with Crippen molar-refractivity contribution in [3.05, 3.63) is 22.0 Å². The van der Waals surface area contributed by atoms with Crippen LogP contribution >= 0.6 is 0 Å². The fourth-order valence-corrected chi connectivity index (χ4v) is 1.56. The highest BCUT2D eigenvalue weighted by atomic mass is 16.6. The molecule has 0 aromatic carbocycles. The van der Waals surface area contributed by atoms with E-state index in [9.17, 15) is 14.9 Å². The highest BCUT2D eigenvalue weighted by Crippen LogP contribution is 2.30. The second kappa shape index (κ2) is 4.52. The van der Waals surface area contributed by atoms with Gasteiger partial charge in [0.05, 0.1) is 10.8 Å². The molecule has 1 heterocycles. The van der Waals surface area contributed by atoms with Gasteiger partial charge in [-0.3, -0.25) is 20.0 Å². The number of rotatable bonds is 5. The molecule has 0 saturated heterocycles. The van der Waals surface area contributed by atoms with Gasteiger partial charge < -0.3 is 4.74 Å². The molecule has 1 aliphatic rings. The van der Waals surface area contributed by atoms with E-state index in [1.807, 2.05) is 0 Å². The number of aromatic nitrogens is 2. The number of hydrogen-bond donors (Lipinski definition) is 1. The molecule has 7 heteroatoms. The van der Waals surface area contributed by atoms with Crippen LogP contribution in [0, 0.1) is 16.0 Å². The molecule has 0 amide bonds. The number of carbonyl (C=O) groups is 1. The van der Waals surface area contributed by atoms with Crippen molar-refractivity contribution >= 4 is 11.7 Å². The second-order valence-corrected chi connectivity index (χ2v) is 4.22. The molecule has 17 heavy (non-hydrogen) atoms. The van der Waals surface area contributed by atoms with E-state index in [-0.39, 0.29) is 30.1 Å². The van der Waals surface area contributed by atoms with E-state index in [4.69, 9.17) is 4.74 Å². The van der Waals surface area contributed by atoms with Gasteiger partial charge in [0.25, 0.3) is 0 Å². The normalized spacial score (nSPS) is 16.5. The molecule has 0 spiro atoms. The summed E-state index contributed by atoms with van der Waals surface area (Å²) in [6.45, 7) is 1.71. The van der Waals surface area contributed by atoms with Crippen molar-refractivity contribution in [2.45, 2.75) is 32.3 Å². The molecule has 1 aromatic rings. The summed E-state index contributed by atoms with van der Waals surface area (Å²) in [5.74, 6) is -0.172. The average molecular weight is 239 g/mol. The van der Waals surface area contributed by atoms with E-state index in [0.717, 1.165) is 19.0 Å². The van der Waals surface area contributed by atoms with E-state index in [0.29, 0.717) is 5.69 Å². The lowest BCUT2D eigenvalue weighted by molar-refractivity contribution is -0.385. The molecule has 1 fully saturated rings. The summed E-state index contributed by atoms with van der Waals surface area (Å²) in [6.07, 6.45) is 2.81. The van der Waals surface area contributed by atoms with Crippen molar-refractivity contribution in [2.75, 3.05) is 0 Å². The number of hydrogen-bond acceptors (Lipinski definition) is 5. The number of nitrogens with one attached hydrogen (secondary N) is 1. The Morgan fingerprint density at radius 2 is 2.47 bits per heavy atom. The summed E-state index contributed by atoms with van der Waals surface area (Å²) in [5, 5.41) is 16.8. The first-order chi connectivity index (χ1) is 8.08. The fraction of sp³-hybridized carbons (Fsp3) is 0.600. The van der Waals surface area contributed by atoms with Crippen LogP contribution in [-0.4, -0.2) is 27.2 Å². The first-order valence-electron chi connectivity index (χ1n) is 5.45. The van der Waals surface area contributed by atoms with Crippen LogP contribution in [0.25, 0.3) is 0 Å². The van der Waals surface area contributed by atoms with Crippen LogP contribution in [0.4, 0.5) is 5.69 Å². The Kier molecular flexibility index (Phi) is 3.08. The Morgan fingerprint density at radius 3 is 3.06 bits per heavy atom. The van der Waals surface area contributed by atoms with Gasteiger partial charge in [-0.15, -0.1) is 0 Å². The number of H-pyrrole nitrogens is 1. The smallest absolute Gasteiger partial charge is 0.310 e. The molecular weight excluding hydrogens is 226 g/mol. The van der Waals surface area contributed by atoms with Crippen molar-refractivity contribution < 1.29 is 14.5 Å². The number of esters is 1. The van der Waals surface area contributed by atoms with Gasteiger partial charge in [0.1, 0.15) is 18.0 Å². The summed E-state index contributed by atoms with van der Waals surface area (Å²) in [7, 11) is 0. The maximum absolute atomic E-state index is 11.4. The third-order valence-corrected chi connectivity index (χ3v) is 2.61. The van der Waals surface area contributed by atoms with Crippen molar-refractivity contribution in [1.82, 2.24) is 10.2 Å². The van der Waals surface area contributed by atoms with Crippen LogP contribution in [0.3, 0.4) is 0 Å². The molecule has 1 saturated carbocycles. The molecule has 1 aromatic heterocycles. The molecule has 1 aliphatic carbocycles. The van der Waals surface area contributed by atoms with E-state index in [1.165, 1.54) is 0 Å². The van der Waals surface area contributed by atoms with Gasteiger partial charge in [-0.2, -0.15) is 5.10 Å². The second-order valence-electron chi connectivity index (χ2n) is 4.22. The summed E-state index contributed by atoms with van der Waals surface area (Å²) < 4.78 is 5.17. The minimum absolute atomic E-state index is 0.0363. The standard InChI is InChI=1S/C10H13N3O4/c1-6(17-10(14)7-2-3-7)4-8-9(13(15)16)5-11-12-8/h5-7H,2-4H2,1H3,(H,11,12). The monoisotopic (exact) mass is 239 g/mol. The zero-order chi connectivity index (χ0) is 12.4. The zero-order valence-corrected chi connectivity index (χ0v) is 9.38. The summed E-state index contributed by atoms with van der Waals surface area (Å²) in [5.41, 5.74) is 0.311. The Bertz CT molecular complexity index is 439. The van der Waals surface area contributed by atoms with Crippen molar-refractivity contribution in [2.24, 2.45) is 5.92 Å². The third-order valence-electron chi connectivity index (χ3n) is 2.61. The minimum Gasteiger partial charge on any atom is -0.462 e. The highest BCUT2D eigenvalue weighted by molar-refractivity contribution is 5.75. The minimum atomic E-state index is -0.506. The first kappa shape index (κ1) is 11.6. The molecule has 0 radical (unpaired) electrons. The van der Waals surface area contributed by atoms with Crippen LogP contribution in [0.2, 0.25) is 0 Å². The lowest BCUT2D eigenvalue weighted by Crippen LogP contribution is -2.19. The van der Waals surface area contributed by atoms with E-state index < -0.39 is 4.92 Å². The Morgan fingerprint density at radius 1 is 1.76 bits per heavy atom. The van der Waals surface area contributed by atoms with Gasteiger partial charge in [0, 0.05) is 6.42 Å². The lowest BCUT2D eigenvalue weighted by Gasteiger charge is -2.11. The maximum atomic E-state index is 11.4. The summed E-state index contributed by atoms with van der Waals surface area (Å²) >= 11 is 0. The molecule has 2 rings (SSSR count). The van der Waals surface area contributed by atoms with Gasteiger partial charge in [-0.05, 0) is 19.8 Å². The predicted molar refractivity (Wildman–Crippen MR) is 57.2 cm³/mol. The van der Waals surface area contributed by atoms with E-state index in [2.05, 4.69) is 10.2 Å². The van der Waals surface area contributed by atoms with Crippen molar-refractivity contribution in [1.29, 1.82) is 0 Å². The molecule has 1 atom stereocenters. The Balaban J connectivity index is 1.92. The summed E-state index contributed by atoms with van der Waals surface area (Å²) in [4.78, 5) is 21.5. The van der Waals surface area contributed by atoms with Crippen molar-refractivity contribution in [3.63, 3.8) is 0 Å². The van der Waals surface area contributed by atoms with E-state index in [1.54, 1.807) is 6.92 Å². The average Bonchev–Trinajstić information content (AvgIpc) is 2.99. The number of nitrogens with zero attached hydrogens (tertiary/aromatic N) is 2. The summed E-state index contributed by atoms with van der Waals surface area (Å²) in [6, 6.07) is 0. The van der Waals surface area contributed by atoms with Crippen LogP contribution in [-0.2, 0) is 16.0 Å². The fourth-order valence-electron chi connectivity index (χ4n) is 1.56. The molecule has 1 N–H and O–H groups in total. The largest absolute Gasteiger partial charge is 0.462 e. The van der Waals surface area contributed by atoms with Gasteiger partial charge in [0.2, 0.25) is 0 Å². The van der Waals surface area contributed by atoms with Crippen LogP contribution in [0.5, 0.6) is 0 Å². The zero-order valence-electron chi connectivity index (χ0n) is 9.38. The van der Waals surface area contributed by atoms with Gasteiger partial charge in [-0.25, -0.2) is 0 Å². The Labute approximate surface area is 97.3 Å². The molecule has 1 unspecified atom stereocenters. The van der Waals surface area contributed by atoms with Gasteiger partial charge in [-0.1, -0.05) is 0 Å². The molecule has 7 nitrogen and oxygen atoms in total. The molecule has 0 bridgehead atoms. The van der Waals surface area contributed by atoms with Gasteiger partial charge in [0.15, 0.2) is 0 Å². The third kappa shape index (κ3) is 2.80. The first-order valence-corrected chi connectivity index (χ1v) is 5.45. The van der Waals surface area contributed by atoms with Crippen LogP contribution in [0.1, 0.15) is 25.5 Å². The number of nitro groups is 1. The predicted octanol–water partition coefficient (Wildman–Crippen LogP) is 1.20. The Hall–Kier alpha value is -1.92. The van der Waals surface area contributed by atoms with Crippen LogP contribution in [0.15, 0.2) is 6.20 Å². The van der Waals surface area contributed by atoms with Crippen molar-refractivity contribution in [3.8, 4) is 0 Å². The molecular formula is C10H13N3O4. The molecule has 0 aliphatic heterocycles. The molecule has 92 valence electrons. The highest BCUT2D eigenvalue weighted by Gasteiger charge is 2.32.